The molecule has 1 fully saturated rings. The molecule has 0 saturated heterocycles. The zero-order chi connectivity index (χ0) is 47.7. The van der Waals surface area contributed by atoms with E-state index < -0.39 is 23.3 Å². The van der Waals surface area contributed by atoms with Crippen LogP contribution in [0.3, 0.4) is 0 Å². The molecule has 10 nitrogen and oxygen atoms in total. The molecule has 3 aliphatic rings. The van der Waals surface area contributed by atoms with E-state index in [1.165, 1.54) is 44.9 Å². The summed E-state index contributed by atoms with van der Waals surface area (Å²) in [5.74, 6) is 0.391. The number of nitrogens with zero attached hydrogens (tertiary/aromatic N) is 2. The van der Waals surface area contributed by atoms with Crippen LogP contribution < -0.4 is 9.47 Å². The Morgan fingerprint density at radius 3 is 2.19 bits per heavy atom. The first-order valence-corrected chi connectivity index (χ1v) is 25.9. The summed E-state index contributed by atoms with van der Waals surface area (Å²) in [6.45, 7) is 15.6. The summed E-state index contributed by atoms with van der Waals surface area (Å²) >= 11 is 0. The Balaban J connectivity index is 1.42. The van der Waals surface area contributed by atoms with Gasteiger partial charge in [-0.2, -0.15) is 0 Å². The number of ether oxygens (including phenoxy) is 4. The van der Waals surface area contributed by atoms with Crippen molar-refractivity contribution in [3.63, 3.8) is 0 Å². The van der Waals surface area contributed by atoms with Gasteiger partial charge >= 0.3 is 6.09 Å². The molecule has 1 heterocycles. The van der Waals surface area contributed by atoms with Gasteiger partial charge in [0.05, 0.1) is 24.8 Å². The quantitative estimate of drug-likeness (QED) is 0.0420. The highest BCUT2D eigenvalue weighted by Crippen LogP contribution is 2.62. The molecule has 10 heteroatoms. The summed E-state index contributed by atoms with van der Waals surface area (Å²) in [5, 5.41) is 27.2. The minimum Gasteiger partial charge on any atom is -0.459 e. The second-order valence-electron chi connectivity index (χ2n) is 20.1. The van der Waals surface area contributed by atoms with Crippen molar-refractivity contribution < 1.29 is 38.8 Å². The van der Waals surface area contributed by atoms with Crippen LogP contribution in [0.25, 0.3) is 10.8 Å². The number of benzene rings is 3. The molecular formula is C57H82N2O8. The minimum atomic E-state index is -1.35. The Kier molecular flexibility index (Phi) is 20.1. The lowest BCUT2D eigenvalue weighted by atomic mass is 9.55. The van der Waals surface area contributed by atoms with E-state index in [1.807, 2.05) is 56.0 Å². The smallest absolute Gasteiger partial charge is 0.410 e. The van der Waals surface area contributed by atoms with Gasteiger partial charge < -0.3 is 34.0 Å². The Labute approximate surface area is 402 Å². The predicted octanol–water partition coefficient (Wildman–Crippen LogP) is 13.8. The second-order valence-corrected chi connectivity index (χ2v) is 20.1. The molecule has 2 aliphatic carbocycles. The number of rotatable bonds is 28. The van der Waals surface area contributed by atoms with E-state index >= 15 is 0 Å². The number of aliphatic hydroxyl groups excluding tert-OH is 2. The van der Waals surface area contributed by atoms with Gasteiger partial charge in [0.1, 0.15) is 28.9 Å². The van der Waals surface area contributed by atoms with Crippen molar-refractivity contribution in [3.05, 3.63) is 90.5 Å². The number of oxime groups is 1. The van der Waals surface area contributed by atoms with Gasteiger partial charge in [0, 0.05) is 37.7 Å². The first-order chi connectivity index (χ1) is 32.6. The molecule has 1 aliphatic heterocycles. The zero-order valence-corrected chi connectivity index (χ0v) is 41.5. The third kappa shape index (κ3) is 13.7. The molecule has 368 valence electrons. The Bertz CT molecular complexity index is 2080. The first-order valence-electron chi connectivity index (χ1n) is 25.9. The summed E-state index contributed by atoms with van der Waals surface area (Å²) in [6, 6.07) is 19.9. The molecule has 3 aromatic carbocycles. The third-order valence-electron chi connectivity index (χ3n) is 13.8. The monoisotopic (exact) mass is 923 g/mol. The van der Waals surface area contributed by atoms with E-state index in [2.05, 4.69) is 56.8 Å². The van der Waals surface area contributed by atoms with Gasteiger partial charge in [-0.1, -0.05) is 132 Å². The Hall–Kier alpha value is -4.38. The van der Waals surface area contributed by atoms with Crippen LogP contribution in [-0.4, -0.2) is 77.3 Å². The van der Waals surface area contributed by atoms with Crippen molar-refractivity contribution in [3.8, 4) is 17.2 Å². The molecule has 0 aromatic heterocycles. The fraction of sp³-hybridized carbons (Fsp3) is 0.614. The average Bonchev–Trinajstić information content (AvgIpc) is 3.32. The number of hydrogen-bond donors (Lipinski definition) is 2. The van der Waals surface area contributed by atoms with E-state index in [0.29, 0.717) is 50.3 Å². The fourth-order valence-electron chi connectivity index (χ4n) is 10.7. The number of hydrogen-bond acceptors (Lipinski definition) is 9. The highest BCUT2D eigenvalue weighted by molar-refractivity contribution is 6.03. The van der Waals surface area contributed by atoms with Gasteiger partial charge in [-0.15, -0.1) is 6.58 Å². The van der Waals surface area contributed by atoms with E-state index in [-0.39, 0.29) is 43.7 Å². The van der Waals surface area contributed by atoms with Crippen LogP contribution in [0.5, 0.6) is 17.2 Å². The normalized spacial score (nSPS) is 22.6. The largest absolute Gasteiger partial charge is 0.459 e. The van der Waals surface area contributed by atoms with Crippen LogP contribution in [0.1, 0.15) is 162 Å². The van der Waals surface area contributed by atoms with Crippen molar-refractivity contribution in [1.82, 2.24) is 4.90 Å². The minimum absolute atomic E-state index is 0.0933. The maximum absolute atomic E-state index is 14.7. The summed E-state index contributed by atoms with van der Waals surface area (Å²) < 4.78 is 27.5. The highest BCUT2D eigenvalue weighted by atomic mass is 16.7. The lowest BCUT2D eigenvalue weighted by molar-refractivity contribution is -0.255. The summed E-state index contributed by atoms with van der Waals surface area (Å²) in [6.07, 6.45) is 21.5. The number of aliphatic hydroxyl groups is 2. The summed E-state index contributed by atoms with van der Waals surface area (Å²) in [5.41, 5.74) is 2.21. The SMILES string of the molecule is C=CCOC12Oc3ccc(Oc4ccc5ccccc5c4)cc3C3C(CCCCO)C(CCCCO)C=C(C(=NOC(C)(C)C)CC1N(CCC)C(=O)OCCCCCCCCCCCC)C32. The van der Waals surface area contributed by atoms with Crippen molar-refractivity contribution in [1.29, 1.82) is 0 Å². The van der Waals surface area contributed by atoms with Gasteiger partial charge in [0.25, 0.3) is 0 Å². The summed E-state index contributed by atoms with van der Waals surface area (Å²) in [7, 11) is 0. The Morgan fingerprint density at radius 1 is 0.836 bits per heavy atom. The average molecular weight is 923 g/mol. The van der Waals surface area contributed by atoms with Crippen molar-refractivity contribution in [2.24, 2.45) is 22.9 Å². The number of carbonyl (C=O) groups is 1. The van der Waals surface area contributed by atoms with Crippen LogP contribution >= 0.6 is 0 Å². The molecule has 0 spiro atoms. The molecule has 0 bridgehead atoms. The zero-order valence-electron chi connectivity index (χ0n) is 41.5. The number of fused-ring (bicyclic) bond motifs is 3. The van der Waals surface area contributed by atoms with Crippen LogP contribution in [0.15, 0.2) is 90.1 Å². The van der Waals surface area contributed by atoms with E-state index in [1.54, 1.807) is 6.08 Å². The van der Waals surface area contributed by atoms with Gasteiger partial charge in [0.15, 0.2) is 0 Å². The molecule has 6 rings (SSSR count). The molecule has 6 atom stereocenters. The van der Waals surface area contributed by atoms with Crippen LogP contribution in [0.4, 0.5) is 4.79 Å². The lowest BCUT2D eigenvalue weighted by Crippen LogP contribution is -2.70. The lowest BCUT2D eigenvalue weighted by Gasteiger charge is -2.60. The molecule has 67 heavy (non-hydrogen) atoms. The molecular weight excluding hydrogens is 841 g/mol. The van der Waals surface area contributed by atoms with Crippen molar-refractivity contribution >= 4 is 22.6 Å². The number of amides is 1. The number of allylic oxidation sites excluding steroid dienone is 1. The molecule has 3 aromatic rings. The Morgan fingerprint density at radius 2 is 1.51 bits per heavy atom. The van der Waals surface area contributed by atoms with Crippen LogP contribution in [-0.2, 0) is 14.3 Å². The van der Waals surface area contributed by atoms with Crippen molar-refractivity contribution in [2.45, 2.75) is 174 Å². The van der Waals surface area contributed by atoms with Gasteiger partial charge in [-0.3, -0.25) is 4.90 Å². The predicted molar refractivity (Wildman–Crippen MR) is 270 cm³/mol. The number of unbranched alkanes of at least 4 members (excludes halogenated alkanes) is 11. The van der Waals surface area contributed by atoms with Crippen LogP contribution in [0, 0.1) is 17.8 Å². The van der Waals surface area contributed by atoms with Gasteiger partial charge in [-0.05, 0) is 118 Å². The third-order valence-corrected chi connectivity index (χ3v) is 13.8. The molecule has 2 N–H and O–H groups in total. The summed E-state index contributed by atoms with van der Waals surface area (Å²) in [4.78, 5) is 22.8. The topological polar surface area (TPSA) is 119 Å². The molecule has 6 unspecified atom stereocenters. The maximum Gasteiger partial charge on any atom is 0.410 e. The van der Waals surface area contributed by atoms with E-state index in [0.717, 1.165) is 78.3 Å². The second kappa shape index (κ2) is 25.8. The van der Waals surface area contributed by atoms with Crippen LogP contribution in [0.2, 0.25) is 0 Å². The van der Waals surface area contributed by atoms with Crippen molar-refractivity contribution in [2.75, 3.05) is 33.0 Å². The molecule has 1 saturated carbocycles. The highest BCUT2D eigenvalue weighted by Gasteiger charge is 2.65. The standard InChI is InChI=1S/C57H82N2O8/c1-7-10-11-12-13-14-15-16-17-24-37-63-55(62)59(33-8-2)52-41-50(58-67-56(4,5)6)48-39-44(27-20-22-34-60)47(28-21-23-35-61)53-49-40-46(65-45-30-29-42-25-18-19-26-43(42)38-45)31-32-51(49)66-57(52,54(48)53)64-36-9-3/h9,18-19,25-26,29-32,38-40,44,47,52-54,60-61H,3,7-8,10-17,20-24,27-28,33-37,41H2,1-2,4-6H3. The number of carbonyl (C=O) groups excluding carboxylic acids is 1. The first kappa shape index (κ1) is 52.0. The molecule has 1 amide bonds. The van der Waals surface area contributed by atoms with E-state index in [9.17, 15) is 15.0 Å². The van der Waals surface area contributed by atoms with E-state index in [4.69, 9.17) is 28.9 Å². The van der Waals surface area contributed by atoms with Gasteiger partial charge in [-0.25, -0.2) is 4.79 Å². The van der Waals surface area contributed by atoms with Gasteiger partial charge in [0.2, 0.25) is 5.79 Å². The fourth-order valence-corrected chi connectivity index (χ4v) is 10.7. The maximum atomic E-state index is 14.7. The molecule has 0 radical (unpaired) electrons.